The minimum atomic E-state index is -0.0572. The van der Waals surface area contributed by atoms with Crippen LogP contribution in [-0.2, 0) is 18.3 Å². The highest BCUT2D eigenvalue weighted by molar-refractivity contribution is 6.07. The van der Waals surface area contributed by atoms with Crippen molar-refractivity contribution in [3.63, 3.8) is 0 Å². The van der Waals surface area contributed by atoms with Crippen LogP contribution in [0.1, 0.15) is 35.3 Å². The highest BCUT2D eigenvalue weighted by Gasteiger charge is 2.28. The lowest BCUT2D eigenvalue weighted by atomic mass is 10.1. The summed E-state index contributed by atoms with van der Waals surface area (Å²) in [6, 6.07) is 7.71. The number of benzene rings is 1. The Hall–Kier alpha value is -2.67. The molecule has 0 saturated carbocycles. The van der Waals surface area contributed by atoms with E-state index in [1.807, 2.05) is 25.2 Å². The van der Waals surface area contributed by atoms with Crippen molar-refractivity contribution in [3.05, 3.63) is 41.7 Å². The van der Waals surface area contributed by atoms with E-state index in [1.54, 1.807) is 33.8 Å². The van der Waals surface area contributed by atoms with Crippen LogP contribution >= 0.6 is 0 Å². The van der Waals surface area contributed by atoms with E-state index in [0.29, 0.717) is 18.8 Å². The first-order valence-corrected chi connectivity index (χ1v) is 9.96. The monoisotopic (exact) mass is 381 g/mol. The Morgan fingerprint density at radius 2 is 1.89 bits per heavy atom. The number of fused-ring (bicyclic) bond motifs is 1. The van der Waals surface area contributed by atoms with Crippen LogP contribution in [0.25, 0.3) is 0 Å². The second-order valence-electron chi connectivity index (χ2n) is 7.65. The number of hydrogen-bond acceptors (Lipinski definition) is 4. The zero-order valence-corrected chi connectivity index (χ0v) is 16.6. The molecule has 2 aliphatic rings. The third-order valence-corrected chi connectivity index (χ3v) is 5.82. The number of nitrogens with zero attached hydrogens (tertiary/aromatic N) is 5. The van der Waals surface area contributed by atoms with Gasteiger partial charge in [0.15, 0.2) is 0 Å². The number of hydrogen-bond donors (Lipinski definition) is 0. The van der Waals surface area contributed by atoms with Gasteiger partial charge in [-0.05, 0) is 56.1 Å². The minimum absolute atomic E-state index is 0.0572. The molecule has 0 bridgehead atoms. The van der Waals surface area contributed by atoms with Crippen molar-refractivity contribution in [2.45, 2.75) is 25.7 Å². The van der Waals surface area contributed by atoms with Gasteiger partial charge in [0.05, 0.1) is 6.54 Å². The summed E-state index contributed by atoms with van der Waals surface area (Å²) in [7, 11) is 3.59. The molecule has 2 aromatic rings. The molecule has 1 aromatic carbocycles. The second-order valence-corrected chi connectivity index (χ2v) is 7.65. The summed E-state index contributed by atoms with van der Waals surface area (Å²) in [6.07, 6.45) is 6.05. The van der Waals surface area contributed by atoms with Gasteiger partial charge in [0.2, 0.25) is 5.91 Å². The van der Waals surface area contributed by atoms with Gasteiger partial charge < -0.3 is 9.80 Å². The largest absolute Gasteiger partial charge is 0.314 e. The molecule has 0 N–H and O–H groups in total. The number of carbonyl (C=O) groups is 2. The van der Waals surface area contributed by atoms with Crippen molar-refractivity contribution in [3.8, 4) is 0 Å². The van der Waals surface area contributed by atoms with Crippen molar-refractivity contribution >= 4 is 23.2 Å². The number of amides is 2. The normalized spacial score (nSPS) is 16.9. The summed E-state index contributed by atoms with van der Waals surface area (Å²) >= 11 is 0. The van der Waals surface area contributed by atoms with E-state index in [-0.39, 0.29) is 11.8 Å². The van der Waals surface area contributed by atoms with Crippen LogP contribution in [0.15, 0.2) is 30.5 Å². The Morgan fingerprint density at radius 1 is 1.11 bits per heavy atom. The fourth-order valence-electron chi connectivity index (χ4n) is 4.07. The van der Waals surface area contributed by atoms with Gasteiger partial charge >= 0.3 is 0 Å². The second kappa shape index (κ2) is 7.75. The lowest BCUT2D eigenvalue weighted by molar-refractivity contribution is -0.119. The molecule has 4 rings (SSSR count). The molecular weight excluding hydrogens is 354 g/mol. The molecule has 148 valence electrons. The molecule has 7 heteroatoms. The number of aryl methyl sites for hydroxylation is 1. The average Bonchev–Trinajstić information content (AvgIpc) is 3.33. The smallest absolute Gasteiger partial charge is 0.276 e. The van der Waals surface area contributed by atoms with Crippen LogP contribution in [-0.4, -0.2) is 59.7 Å². The highest BCUT2D eigenvalue weighted by atomic mass is 16.2. The van der Waals surface area contributed by atoms with Crippen LogP contribution in [0.3, 0.4) is 0 Å². The number of rotatable bonds is 4. The predicted octanol–water partition coefficient (Wildman–Crippen LogP) is 2.07. The summed E-state index contributed by atoms with van der Waals surface area (Å²) < 4.78 is 1.60. The first kappa shape index (κ1) is 18.7. The maximum absolute atomic E-state index is 12.9. The Bertz CT molecular complexity index is 885. The SMILES string of the molecule is CN(C(=O)CN1CCCCC1)c1ccc2c(c1)N(C(=O)c1ccnn1C)CC2. The first-order valence-electron chi connectivity index (χ1n) is 9.96. The highest BCUT2D eigenvalue weighted by Crippen LogP contribution is 2.33. The van der Waals surface area contributed by atoms with Crippen LogP contribution in [0.2, 0.25) is 0 Å². The van der Waals surface area contributed by atoms with Gasteiger partial charge in [-0.15, -0.1) is 0 Å². The first-order chi connectivity index (χ1) is 13.5. The van der Waals surface area contributed by atoms with Crippen LogP contribution in [0.5, 0.6) is 0 Å². The molecule has 1 fully saturated rings. The van der Waals surface area contributed by atoms with Crippen molar-refractivity contribution < 1.29 is 9.59 Å². The zero-order chi connectivity index (χ0) is 19.7. The molecule has 0 spiro atoms. The van der Waals surface area contributed by atoms with Gasteiger partial charge in [0, 0.05) is 38.2 Å². The molecule has 1 aromatic heterocycles. The van der Waals surface area contributed by atoms with Crippen LogP contribution in [0.4, 0.5) is 11.4 Å². The average molecular weight is 381 g/mol. The fraction of sp³-hybridized carbons (Fsp3) is 0.476. The molecule has 0 aliphatic carbocycles. The van der Waals surface area contributed by atoms with E-state index in [9.17, 15) is 9.59 Å². The summed E-state index contributed by atoms with van der Waals surface area (Å²) in [4.78, 5) is 31.4. The molecule has 7 nitrogen and oxygen atoms in total. The molecule has 0 atom stereocenters. The summed E-state index contributed by atoms with van der Waals surface area (Å²) in [6.45, 7) is 3.09. The van der Waals surface area contributed by atoms with Gasteiger partial charge in [-0.25, -0.2) is 0 Å². The Labute approximate surface area is 165 Å². The van der Waals surface area contributed by atoms with Crippen molar-refractivity contribution in [1.29, 1.82) is 0 Å². The maximum Gasteiger partial charge on any atom is 0.276 e. The van der Waals surface area contributed by atoms with Gasteiger partial charge in [-0.1, -0.05) is 12.5 Å². The summed E-state index contributed by atoms with van der Waals surface area (Å²) in [5.41, 5.74) is 3.41. The predicted molar refractivity (Wildman–Crippen MR) is 109 cm³/mol. The number of anilines is 2. The van der Waals surface area contributed by atoms with Crippen LogP contribution < -0.4 is 9.80 Å². The van der Waals surface area contributed by atoms with Crippen molar-refractivity contribution in [1.82, 2.24) is 14.7 Å². The Kier molecular flexibility index (Phi) is 5.17. The van der Waals surface area contributed by atoms with E-state index in [2.05, 4.69) is 10.00 Å². The molecule has 2 aliphatic heterocycles. The van der Waals surface area contributed by atoms with E-state index >= 15 is 0 Å². The molecule has 3 heterocycles. The van der Waals surface area contributed by atoms with E-state index in [1.165, 1.54) is 19.3 Å². The van der Waals surface area contributed by atoms with Gasteiger partial charge in [-0.3, -0.25) is 19.2 Å². The topological polar surface area (TPSA) is 61.7 Å². The number of piperidine rings is 1. The Balaban J connectivity index is 1.52. The van der Waals surface area contributed by atoms with E-state index in [4.69, 9.17) is 0 Å². The van der Waals surface area contributed by atoms with Gasteiger partial charge in [0.25, 0.3) is 5.91 Å². The van der Waals surface area contributed by atoms with Crippen molar-refractivity contribution in [2.24, 2.45) is 7.05 Å². The standard InChI is InChI=1S/C21H27N5O2/c1-23(20(27)15-25-11-4-3-5-12-25)17-7-6-16-9-13-26(19(16)14-17)21(28)18-8-10-22-24(18)2/h6-8,10,14H,3-5,9,11-13,15H2,1-2H3. The summed E-state index contributed by atoms with van der Waals surface area (Å²) in [5, 5.41) is 4.10. The van der Waals surface area contributed by atoms with E-state index in [0.717, 1.165) is 36.4 Å². The van der Waals surface area contributed by atoms with Crippen LogP contribution in [0, 0.1) is 0 Å². The molecule has 1 saturated heterocycles. The molecule has 0 radical (unpaired) electrons. The maximum atomic E-state index is 12.9. The van der Waals surface area contributed by atoms with Gasteiger partial charge in [-0.2, -0.15) is 5.10 Å². The third kappa shape index (κ3) is 3.54. The number of likely N-dealkylation sites (N-methyl/N-ethyl adjacent to an activating group) is 1. The molecule has 28 heavy (non-hydrogen) atoms. The Morgan fingerprint density at radius 3 is 2.61 bits per heavy atom. The lowest BCUT2D eigenvalue weighted by Gasteiger charge is -2.28. The molecule has 2 amide bonds. The molecular formula is C21H27N5O2. The number of likely N-dealkylation sites (tertiary alicyclic amines) is 1. The third-order valence-electron chi connectivity index (χ3n) is 5.82. The summed E-state index contributed by atoms with van der Waals surface area (Å²) in [5.74, 6) is 0.0301. The number of carbonyl (C=O) groups excluding carboxylic acids is 2. The van der Waals surface area contributed by atoms with E-state index < -0.39 is 0 Å². The lowest BCUT2D eigenvalue weighted by Crippen LogP contribution is -2.40. The fourth-order valence-corrected chi connectivity index (χ4v) is 4.07. The number of aromatic nitrogens is 2. The van der Waals surface area contributed by atoms with Gasteiger partial charge in [0.1, 0.15) is 5.69 Å². The minimum Gasteiger partial charge on any atom is -0.314 e. The zero-order valence-electron chi connectivity index (χ0n) is 16.6. The quantitative estimate of drug-likeness (QED) is 0.814. The molecule has 0 unspecified atom stereocenters. The van der Waals surface area contributed by atoms with Crippen molar-refractivity contribution in [2.75, 3.05) is 43.0 Å².